The zero-order chi connectivity index (χ0) is 9.84. The summed E-state index contributed by atoms with van der Waals surface area (Å²) in [6, 6.07) is 0.225. The van der Waals surface area contributed by atoms with Gasteiger partial charge in [0.1, 0.15) is 0 Å². The third kappa shape index (κ3) is 2.90. The molecule has 0 spiro atoms. The highest BCUT2D eigenvalue weighted by Gasteiger charge is 2.24. The minimum Gasteiger partial charge on any atom is -0.393 e. The van der Waals surface area contributed by atoms with Gasteiger partial charge in [-0.3, -0.25) is 4.90 Å². The number of likely N-dealkylation sites (tertiary alicyclic amines) is 1. The molecule has 1 aliphatic rings. The van der Waals surface area contributed by atoms with Gasteiger partial charge in [-0.15, -0.1) is 0 Å². The maximum Gasteiger partial charge on any atom is 0.0901 e. The predicted molar refractivity (Wildman–Crippen MR) is 57.7 cm³/mol. The number of piperidine rings is 1. The van der Waals surface area contributed by atoms with E-state index >= 15 is 0 Å². The molecule has 0 aromatic heterocycles. The van der Waals surface area contributed by atoms with Gasteiger partial charge in [0, 0.05) is 13.1 Å². The molecule has 76 valence electrons. The van der Waals surface area contributed by atoms with Crippen LogP contribution in [0.5, 0.6) is 0 Å². The Balaban J connectivity index is 2.46. The first-order chi connectivity index (χ1) is 6.15. The number of nitrogens with two attached hydrogens (primary N) is 1. The topological polar surface area (TPSA) is 49.5 Å². The fraction of sp³-hybridized carbons (Fsp3) is 0.889. The molecule has 1 rings (SSSR count). The molecule has 0 saturated carbocycles. The van der Waals surface area contributed by atoms with E-state index in [4.69, 9.17) is 18.0 Å². The normalized spacial score (nSPS) is 22.9. The molecule has 13 heavy (non-hydrogen) atoms. The molecule has 0 amide bonds. The molecule has 0 radical (unpaired) electrons. The van der Waals surface area contributed by atoms with E-state index in [1.54, 1.807) is 0 Å². The average Bonchev–Trinajstić information content (AvgIpc) is 2.09. The van der Waals surface area contributed by atoms with Crippen molar-refractivity contribution in [2.24, 2.45) is 5.73 Å². The summed E-state index contributed by atoms with van der Waals surface area (Å²) in [5, 5.41) is 9.33. The lowest BCUT2D eigenvalue weighted by molar-refractivity contribution is 0.0734. The van der Waals surface area contributed by atoms with Gasteiger partial charge in [0.15, 0.2) is 0 Å². The predicted octanol–water partition coefficient (Wildman–Crippen LogP) is 0.508. The van der Waals surface area contributed by atoms with Crippen molar-refractivity contribution in [3.8, 4) is 0 Å². The van der Waals surface area contributed by atoms with Crippen LogP contribution in [0, 0.1) is 0 Å². The number of hydrogen-bond acceptors (Lipinski definition) is 3. The van der Waals surface area contributed by atoms with Gasteiger partial charge in [-0.05, 0) is 19.3 Å². The minimum absolute atomic E-state index is 0.125. The quantitative estimate of drug-likeness (QED) is 0.655. The third-order valence-electron chi connectivity index (χ3n) is 2.65. The van der Waals surface area contributed by atoms with E-state index in [0.717, 1.165) is 32.4 Å². The molecule has 0 aromatic carbocycles. The second-order valence-electron chi connectivity index (χ2n) is 3.59. The lowest BCUT2D eigenvalue weighted by atomic mass is 10.0. The Kier molecular flexibility index (Phi) is 4.09. The molecule has 0 bridgehead atoms. The van der Waals surface area contributed by atoms with Crippen molar-refractivity contribution in [2.45, 2.75) is 38.3 Å². The molecule has 0 aliphatic carbocycles. The van der Waals surface area contributed by atoms with E-state index in [1.807, 2.05) is 0 Å². The molecule has 4 heteroatoms. The zero-order valence-electron chi connectivity index (χ0n) is 8.07. The SMILES string of the molecule is CCC(C(N)=S)N1CCC(O)CC1. The Hall–Kier alpha value is -0.190. The summed E-state index contributed by atoms with van der Waals surface area (Å²) in [7, 11) is 0. The van der Waals surface area contributed by atoms with Crippen LogP contribution in [-0.4, -0.2) is 40.2 Å². The van der Waals surface area contributed by atoms with E-state index in [-0.39, 0.29) is 12.1 Å². The van der Waals surface area contributed by atoms with Crippen molar-refractivity contribution in [3.63, 3.8) is 0 Å². The van der Waals surface area contributed by atoms with Gasteiger partial charge in [0.25, 0.3) is 0 Å². The van der Waals surface area contributed by atoms with Crippen molar-refractivity contribution in [2.75, 3.05) is 13.1 Å². The van der Waals surface area contributed by atoms with Crippen LogP contribution in [0.25, 0.3) is 0 Å². The highest BCUT2D eigenvalue weighted by molar-refractivity contribution is 7.80. The fourth-order valence-corrected chi connectivity index (χ4v) is 2.15. The van der Waals surface area contributed by atoms with Gasteiger partial charge in [0.05, 0.1) is 17.1 Å². The second-order valence-corrected chi connectivity index (χ2v) is 4.06. The van der Waals surface area contributed by atoms with Crippen LogP contribution >= 0.6 is 12.2 Å². The summed E-state index contributed by atoms with van der Waals surface area (Å²) in [5.74, 6) is 0. The van der Waals surface area contributed by atoms with Crippen molar-refractivity contribution in [3.05, 3.63) is 0 Å². The highest BCUT2D eigenvalue weighted by Crippen LogP contribution is 2.14. The second kappa shape index (κ2) is 4.88. The fourth-order valence-electron chi connectivity index (χ4n) is 1.84. The van der Waals surface area contributed by atoms with Crippen LogP contribution in [0.1, 0.15) is 26.2 Å². The molecular formula is C9H18N2OS. The van der Waals surface area contributed by atoms with Crippen LogP contribution in [0.3, 0.4) is 0 Å². The van der Waals surface area contributed by atoms with Crippen LogP contribution in [0.2, 0.25) is 0 Å². The monoisotopic (exact) mass is 202 g/mol. The molecule has 3 N–H and O–H groups in total. The number of thiocarbonyl (C=S) groups is 1. The minimum atomic E-state index is -0.125. The molecule has 0 aromatic rings. The first kappa shape index (κ1) is 10.9. The van der Waals surface area contributed by atoms with Gasteiger partial charge < -0.3 is 10.8 Å². The maximum absolute atomic E-state index is 9.33. The Labute approximate surface area is 84.9 Å². The summed E-state index contributed by atoms with van der Waals surface area (Å²) in [6.45, 7) is 3.92. The van der Waals surface area contributed by atoms with E-state index < -0.39 is 0 Å². The Bertz CT molecular complexity index is 178. The van der Waals surface area contributed by atoms with Crippen LogP contribution in [0.4, 0.5) is 0 Å². The summed E-state index contributed by atoms with van der Waals surface area (Å²) in [5.41, 5.74) is 5.64. The lowest BCUT2D eigenvalue weighted by Gasteiger charge is -2.35. The largest absolute Gasteiger partial charge is 0.393 e. The molecule has 1 unspecified atom stereocenters. The van der Waals surface area contributed by atoms with E-state index in [1.165, 1.54) is 0 Å². The van der Waals surface area contributed by atoms with Gasteiger partial charge >= 0.3 is 0 Å². The van der Waals surface area contributed by atoms with E-state index in [0.29, 0.717) is 4.99 Å². The number of rotatable bonds is 3. The smallest absolute Gasteiger partial charge is 0.0901 e. The molecular weight excluding hydrogens is 184 g/mol. The van der Waals surface area contributed by atoms with Crippen LogP contribution in [0.15, 0.2) is 0 Å². The Morgan fingerprint density at radius 3 is 2.54 bits per heavy atom. The standard InChI is InChI=1S/C9H18N2OS/c1-2-8(9(10)13)11-5-3-7(12)4-6-11/h7-8,12H,2-6H2,1H3,(H2,10,13). The van der Waals surface area contributed by atoms with Gasteiger partial charge in [0.2, 0.25) is 0 Å². The number of aliphatic hydroxyl groups is 1. The van der Waals surface area contributed by atoms with Crippen molar-refractivity contribution in [1.29, 1.82) is 0 Å². The third-order valence-corrected chi connectivity index (χ3v) is 2.93. The van der Waals surface area contributed by atoms with Crippen molar-refractivity contribution in [1.82, 2.24) is 4.90 Å². The number of aliphatic hydroxyl groups excluding tert-OH is 1. The average molecular weight is 202 g/mol. The first-order valence-electron chi connectivity index (χ1n) is 4.86. The van der Waals surface area contributed by atoms with Gasteiger partial charge in [-0.25, -0.2) is 0 Å². The zero-order valence-corrected chi connectivity index (χ0v) is 8.89. The summed E-state index contributed by atoms with van der Waals surface area (Å²) in [6.07, 6.45) is 2.53. The molecule has 1 aliphatic heterocycles. The number of hydrogen-bond donors (Lipinski definition) is 2. The summed E-state index contributed by atoms with van der Waals surface area (Å²) < 4.78 is 0. The summed E-state index contributed by atoms with van der Waals surface area (Å²) >= 11 is 5.00. The van der Waals surface area contributed by atoms with Gasteiger partial charge in [-0.1, -0.05) is 19.1 Å². The van der Waals surface area contributed by atoms with Gasteiger partial charge in [-0.2, -0.15) is 0 Å². The maximum atomic E-state index is 9.33. The molecule has 1 saturated heterocycles. The number of nitrogens with zero attached hydrogens (tertiary/aromatic N) is 1. The Morgan fingerprint density at radius 1 is 1.62 bits per heavy atom. The van der Waals surface area contributed by atoms with Crippen LogP contribution in [-0.2, 0) is 0 Å². The van der Waals surface area contributed by atoms with E-state index in [9.17, 15) is 5.11 Å². The van der Waals surface area contributed by atoms with Crippen LogP contribution < -0.4 is 5.73 Å². The van der Waals surface area contributed by atoms with Crippen molar-refractivity contribution < 1.29 is 5.11 Å². The van der Waals surface area contributed by atoms with Crippen molar-refractivity contribution >= 4 is 17.2 Å². The Morgan fingerprint density at radius 2 is 2.15 bits per heavy atom. The summed E-state index contributed by atoms with van der Waals surface area (Å²) in [4.78, 5) is 2.86. The molecule has 3 nitrogen and oxygen atoms in total. The lowest BCUT2D eigenvalue weighted by Crippen LogP contribution is -2.48. The first-order valence-corrected chi connectivity index (χ1v) is 5.27. The molecule has 1 fully saturated rings. The van der Waals surface area contributed by atoms with E-state index in [2.05, 4.69) is 11.8 Å². The molecule has 1 heterocycles. The highest BCUT2D eigenvalue weighted by atomic mass is 32.1. The molecule has 1 atom stereocenters.